The van der Waals surface area contributed by atoms with Gasteiger partial charge in [-0.15, -0.1) is 0 Å². The van der Waals surface area contributed by atoms with Crippen LogP contribution in [0.15, 0.2) is 16.9 Å². The van der Waals surface area contributed by atoms with Crippen LogP contribution in [0.5, 0.6) is 0 Å². The smallest absolute Gasteiger partial charge is 0.248 e. The highest BCUT2D eigenvalue weighted by atomic mass is 16.1. The van der Waals surface area contributed by atoms with E-state index in [1.807, 2.05) is 13.8 Å². The lowest BCUT2D eigenvalue weighted by molar-refractivity contribution is 0.792. The number of hydrogen-bond donors (Lipinski definition) is 1. The lowest BCUT2D eigenvalue weighted by atomic mass is 10.0. The molecule has 1 rings (SSSR count). The van der Waals surface area contributed by atoms with Gasteiger partial charge >= 0.3 is 0 Å². The van der Waals surface area contributed by atoms with Crippen LogP contribution in [0.2, 0.25) is 0 Å². The summed E-state index contributed by atoms with van der Waals surface area (Å²) >= 11 is 0. The molecule has 0 saturated carbocycles. The van der Waals surface area contributed by atoms with Crippen LogP contribution in [0, 0.1) is 0 Å². The molecule has 1 aromatic rings. The van der Waals surface area contributed by atoms with E-state index in [1.54, 1.807) is 6.07 Å². The van der Waals surface area contributed by atoms with Crippen LogP contribution in [0.3, 0.4) is 0 Å². The SMILES string of the molecule is CC.CC(C)c1cc(C(C)C)[nH]c(=O)c1. The predicted octanol–water partition coefficient (Wildman–Crippen LogP) is 3.65. The summed E-state index contributed by atoms with van der Waals surface area (Å²) in [6, 6.07) is 3.76. The highest BCUT2D eigenvalue weighted by Crippen LogP contribution is 2.16. The zero-order chi connectivity index (χ0) is 12.0. The van der Waals surface area contributed by atoms with Crippen LogP contribution >= 0.6 is 0 Å². The molecule has 86 valence electrons. The fourth-order valence-corrected chi connectivity index (χ4v) is 1.23. The standard InChI is InChI=1S/C11H17NO.C2H6/c1-7(2)9-5-10(8(3)4)12-11(13)6-9;1-2/h5-8H,1-4H3,(H,12,13);1-2H3. The van der Waals surface area contributed by atoms with Crippen molar-refractivity contribution in [3.63, 3.8) is 0 Å². The Morgan fingerprint density at radius 1 is 1.00 bits per heavy atom. The monoisotopic (exact) mass is 209 g/mol. The maximum absolute atomic E-state index is 11.3. The molecule has 1 aromatic heterocycles. The number of H-pyrrole nitrogens is 1. The van der Waals surface area contributed by atoms with E-state index in [0.29, 0.717) is 11.8 Å². The molecule has 2 nitrogen and oxygen atoms in total. The normalized spacial score (nSPS) is 10.1. The second-order valence-corrected chi connectivity index (χ2v) is 4.04. The zero-order valence-electron chi connectivity index (χ0n) is 10.7. The van der Waals surface area contributed by atoms with Gasteiger partial charge in [-0.3, -0.25) is 4.79 Å². The Kier molecular flexibility index (Phi) is 5.99. The van der Waals surface area contributed by atoms with Gasteiger partial charge < -0.3 is 4.98 Å². The van der Waals surface area contributed by atoms with Crippen molar-refractivity contribution in [2.24, 2.45) is 0 Å². The first kappa shape index (κ1) is 13.9. The number of nitrogens with one attached hydrogen (secondary N) is 1. The van der Waals surface area contributed by atoms with E-state index >= 15 is 0 Å². The molecule has 0 spiro atoms. The van der Waals surface area contributed by atoms with Gasteiger partial charge in [0.15, 0.2) is 0 Å². The van der Waals surface area contributed by atoms with E-state index in [0.717, 1.165) is 11.3 Å². The summed E-state index contributed by atoms with van der Waals surface area (Å²) in [6.07, 6.45) is 0. The summed E-state index contributed by atoms with van der Waals surface area (Å²) < 4.78 is 0. The Morgan fingerprint density at radius 3 is 1.93 bits per heavy atom. The van der Waals surface area contributed by atoms with Crippen molar-refractivity contribution in [2.75, 3.05) is 0 Å². The van der Waals surface area contributed by atoms with Crippen molar-refractivity contribution >= 4 is 0 Å². The molecule has 0 unspecified atom stereocenters. The van der Waals surface area contributed by atoms with Crippen molar-refractivity contribution in [3.05, 3.63) is 33.7 Å². The second kappa shape index (κ2) is 6.44. The summed E-state index contributed by atoms with van der Waals surface area (Å²) in [5.41, 5.74) is 2.15. The van der Waals surface area contributed by atoms with E-state index in [2.05, 4.69) is 38.7 Å². The van der Waals surface area contributed by atoms with Gasteiger partial charge in [-0.2, -0.15) is 0 Å². The minimum Gasteiger partial charge on any atom is -0.326 e. The van der Waals surface area contributed by atoms with Crippen LogP contribution in [-0.4, -0.2) is 4.98 Å². The molecule has 0 atom stereocenters. The van der Waals surface area contributed by atoms with E-state index in [1.165, 1.54) is 0 Å². The average Bonchev–Trinajstić information content (AvgIpc) is 2.19. The molecular formula is C13H23NO. The van der Waals surface area contributed by atoms with Crippen molar-refractivity contribution in [3.8, 4) is 0 Å². The molecule has 0 fully saturated rings. The van der Waals surface area contributed by atoms with Crippen molar-refractivity contribution in [1.82, 2.24) is 4.98 Å². The van der Waals surface area contributed by atoms with Crippen LogP contribution in [0.4, 0.5) is 0 Å². The third kappa shape index (κ3) is 4.32. The van der Waals surface area contributed by atoms with Gasteiger partial charge in [0.25, 0.3) is 0 Å². The van der Waals surface area contributed by atoms with Crippen LogP contribution in [0.1, 0.15) is 64.6 Å². The predicted molar refractivity (Wildman–Crippen MR) is 66.6 cm³/mol. The largest absolute Gasteiger partial charge is 0.326 e. The van der Waals surface area contributed by atoms with Gasteiger partial charge in [0.1, 0.15) is 0 Å². The molecule has 15 heavy (non-hydrogen) atoms. The first-order chi connectivity index (χ1) is 7.00. The molecule has 0 radical (unpaired) electrons. The fourth-order valence-electron chi connectivity index (χ4n) is 1.23. The summed E-state index contributed by atoms with van der Waals surface area (Å²) in [5.74, 6) is 0.797. The van der Waals surface area contributed by atoms with E-state index in [-0.39, 0.29) is 5.56 Å². The van der Waals surface area contributed by atoms with E-state index in [9.17, 15) is 4.79 Å². The maximum Gasteiger partial charge on any atom is 0.248 e. The lowest BCUT2D eigenvalue weighted by Crippen LogP contribution is -2.10. The van der Waals surface area contributed by atoms with Gasteiger partial charge in [0.05, 0.1) is 0 Å². The van der Waals surface area contributed by atoms with E-state index in [4.69, 9.17) is 0 Å². The highest BCUT2D eigenvalue weighted by molar-refractivity contribution is 5.21. The summed E-state index contributed by atoms with van der Waals surface area (Å²) in [7, 11) is 0. The molecule has 0 aromatic carbocycles. The number of aromatic amines is 1. The van der Waals surface area contributed by atoms with Gasteiger partial charge in [0.2, 0.25) is 5.56 Å². The van der Waals surface area contributed by atoms with Gasteiger partial charge in [-0.05, 0) is 23.5 Å². The van der Waals surface area contributed by atoms with Gasteiger partial charge in [0, 0.05) is 11.8 Å². The molecule has 0 aliphatic carbocycles. The molecule has 2 heteroatoms. The molecule has 1 N–H and O–H groups in total. The Morgan fingerprint density at radius 2 is 1.53 bits per heavy atom. The Labute approximate surface area is 92.7 Å². The first-order valence-electron chi connectivity index (χ1n) is 5.75. The Balaban J connectivity index is 0.000000921. The Hall–Kier alpha value is -1.05. The van der Waals surface area contributed by atoms with Gasteiger partial charge in [-0.1, -0.05) is 41.5 Å². The number of hydrogen-bond acceptors (Lipinski definition) is 1. The third-order valence-corrected chi connectivity index (χ3v) is 2.18. The highest BCUT2D eigenvalue weighted by Gasteiger charge is 2.05. The minimum absolute atomic E-state index is 0.00917. The summed E-state index contributed by atoms with van der Waals surface area (Å²) in [6.45, 7) is 12.3. The Bertz CT molecular complexity index is 307. The third-order valence-electron chi connectivity index (χ3n) is 2.18. The molecule has 0 aliphatic rings. The second-order valence-electron chi connectivity index (χ2n) is 4.04. The van der Waals surface area contributed by atoms with Crippen molar-refractivity contribution < 1.29 is 0 Å². The lowest BCUT2D eigenvalue weighted by Gasteiger charge is -2.09. The van der Waals surface area contributed by atoms with Crippen molar-refractivity contribution in [2.45, 2.75) is 53.4 Å². The maximum atomic E-state index is 11.3. The molecule has 1 heterocycles. The van der Waals surface area contributed by atoms with Crippen LogP contribution in [-0.2, 0) is 0 Å². The van der Waals surface area contributed by atoms with Crippen molar-refractivity contribution in [1.29, 1.82) is 0 Å². The fraction of sp³-hybridized carbons (Fsp3) is 0.615. The number of aromatic nitrogens is 1. The molecular weight excluding hydrogens is 186 g/mol. The quantitative estimate of drug-likeness (QED) is 0.792. The molecule has 0 aliphatic heterocycles. The summed E-state index contributed by atoms with van der Waals surface area (Å²) in [4.78, 5) is 14.1. The van der Waals surface area contributed by atoms with E-state index < -0.39 is 0 Å². The summed E-state index contributed by atoms with van der Waals surface area (Å²) in [5, 5.41) is 0. The number of rotatable bonds is 2. The molecule has 0 bridgehead atoms. The average molecular weight is 209 g/mol. The first-order valence-corrected chi connectivity index (χ1v) is 5.75. The zero-order valence-corrected chi connectivity index (χ0v) is 10.7. The molecule has 0 saturated heterocycles. The number of pyridine rings is 1. The molecule has 0 amide bonds. The van der Waals surface area contributed by atoms with Crippen LogP contribution < -0.4 is 5.56 Å². The minimum atomic E-state index is 0.00917. The van der Waals surface area contributed by atoms with Gasteiger partial charge in [-0.25, -0.2) is 0 Å². The topological polar surface area (TPSA) is 32.9 Å². The van der Waals surface area contributed by atoms with Crippen LogP contribution in [0.25, 0.3) is 0 Å².